The molecule has 4 rings (SSSR count). The summed E-state index contributed by atoms with van der Waals surface area (Å²) in [5.41, 5.74) is 4.07. The van der Waals surface area contributed by atoms with E-state index in [-0.39, 0.29) is 12.5 Å². The summed E-state index contributed by atoms with van der Waals surface area (Å²) in [4.78, 5) is 25.7. The van der Waals surface area contributed by atoms with E-state index in [1.54, 1.807) is 73.8 Å². The molecule has 2 N–H and O–H groups in total. The van der Waals surface area contributed by atoms with E-state index in [0.29, 0.717) is 39.7 Å². The predicted molar refractivity (Wildman–Crippen MR) is 130 cm³/mol. The number of hydrogen-bond donors (Lipinski definition) is 2. The molecule has 0 unspecified atom stereocenters. The molecule has 0 aromatic heterocycles. The lowest BCUT2D eigenvalue weighted by Crippen LogP contribution is -2.32. The van der Waals surface area contributed by atoms with Gasteiger partial charge in [-0.15, -0.1) is 0 Å². The second kappa shape index (κ2) is 10.9. The van der Waals surface area contributed by atoms with Gasteiger partial charge in [0.25, 0.3) is 11.8 Å². The zero-order chi connectivity index (χ0) is 24.6. The van der Waals surface area contributed by atoms with Gasteiger partial charge in [-0.05, 0) is 54.1 Å². The monoisotopic (exact) mass is 473 g/mol. The SMILES string of the molecule is COc1ccc(OC)c(/C=N\NC(=O)/C(=C/c2ccc3c(c2)OCO3)NC(=O)c2ccccc2)c1. The molecular formula is C26H23N3O6. The van der Waals surface area contributed by atoms with Crippen molar-refractivity contribution in [1.82, 2.24) is 10.7 Å². The van der Waals surface area contributed by atoms with E-state index in [9.17, 15) is 9.59 Å². The van der Waals surface area contributed by atoms with Gasteiger partial charge in [-0.1, -0.05) is 24.3 Å². The van der Waals surface area contributed by atoms with Crippen LogP contribution in [0, 0.1) is 0 Å². The maximum Gasteiger partial charge on any atom is 0.287 e. The Balaban J connectivity index is 1.57. The molecule has 9 nitrogen and oxygen atoms in total. The van der Waals surface area contributed by atoms with Crippen LogP contribution >= 0.6 is 0 Å². The standard InChI is InChI=1S/C26H23N3O6/c1-32-20-9-11-22(33-2)19(14-20)15-27-29-26(31)21(28-25(30)18-6-4-3-5-7-18)12-17-8-10-23-24(13-17)35-16-34-23/h3-15H,16H2,1-2H3,(H,28,30)(H,29,31)/b21-12-,27-15-. The molecule has 3 aromatic carbocycles. The first-order valence-corrected chi connectivity index (χ1v) is 10.6. The number of benzene rings is 3. The van der Waals surface area contributed by atoms with E-state index >= 15 is 0 Å². The molecule has 0 radical (unpaired) electrons. The number of nitrogens with zero attached hydrogens (tertiary/aromatic N) is 1. The third-order valence-electron chi connectivity index (χ3n) is 5.04. The summed E-state index contributed by atoms with van der Waals surface area (Å²) < 4.78 is 21.3. The molecule has 1 heterocycles. The highest BCUT2D eigenvalue weighted by atomic mass is 16.7. The van der Waals surface area contributed by atoms with Crippen LogP contribution in [-0.2, 0) is 4.79 Å². The second-order valence-corrected chi connectivity index (χ2v) is 7.30. The summed E-state index contributed by atoms with van der Waals surface area (Å²) in [5, 5.41) is 6.69. The summed E-state index contributed by atoms with van der Waals surface area (Å²) in [7, 11) is 3.08. The van der Waals surface area contributed by atoms with Crippen molar-refractivity contribution in [2.45, 2.75) is 0 Å². The normalized spacial score (nSPS) is 12.3. The third kappa shape index (κ3) is 5.77. The van der Waals surface area contributed by atoms with E-state index in [1.807, 2.05) is 0 Å². The lowest BCUT2D eigenvalue weighted by molar-refractivity contribution is -0.117. The molecule has 1 aliphatic rings. The summed E-state index contributed by atoms with van der Waals surface area (Å²) in [6.07, 6.45) is 2.95. The second-order valence-electron chi connectivity index (χ2n) is 7.30. The van der Waals surface area contributed by atoms with Crippen molar-refractivity contribution in [2.24, 2.45) is 5.10 Å². The zero-order valence-corrected chi connectivity index (χ0v) is 19.1. The smallest absolute Gasteiger partial charge is 0.287 e. The minimum Gasteiger partial charge on any atom is -0.497 e. The first kappa shape index (κ1) is 23.4. The number of hydrogen-bond acceptors (Lipinski definition) is 7. The Bertz CT molecular complexity index is 1290. The number of carbonyl (C=O) groups excluding carboxylic acids is 2. The number of ether oxygens (including phenoxy) is 4. The number of amides is 2. The van der Waals surface area contributed by atoms with Crippen molar-refractivity contribution >= 4 is 24.1 Å². The van der Waals surface area contributed by atoms with Crippen LogP contribution in [0.1, 0.15) is 21.5 Å². The van der Waals surface area contributed by atoms with Crippen LogP contribution in [0.4, 0.5) is 0 Å². The van der Waals surface area contributed by atoms with Crippen molar-refractivity contribution in [3.63, 3.8) is 0 Å². The van der Waals surface area contributed by atoms with Crippen molar-refractivity contribution < 1.29 is 28.5 Å². The number of rotatable bonds is 8. The maximum absolute atomic E-state index is 13.0. The van der Waals surface area contributed by atoms with Crippen LogP contribution in [0.15, 0.2) is 77.5 Å². The molecule has 3 aromatic rings. The van der Waals surface area contributed by atoms with Gasteiger partial charge >= 0.3 is 0 Å². The number of fused-ring (bicyclic) bond motifs is 1. The van der Waals surface area contributed by atoms with Crippen LogP contribution < -0.4 is 29.7 Å². The number of carbonyl (C=O) groups is 2. The number of hydrazone groups is 1. The van der Waals surface area contributed by atoms with Gasteiger partial charge in [0, 0.05) is 11.1 Å². The van der Waals surface area contributed by atoms with E-state index < -0.39 is 11.8 Å². The summed E-state index contributed by atoms with van der Waals surface area (Å²) in [6.45, 7) is 0.128. The quantitative estimate of drug-likeness (QED) is 0.295. The van der Waals surface area contributed by atoms with Gasteiger partial charge in [0.15, 0.2) is 11.5 Å². The van der Waals surface area contributed by atoms with E-state index in [4.69, 9.17) is 18.9 Å². The fraction of sp³-hybridized carbons (Fsp3) is 0.115. The average Bonchev–Trinajstić information content (AvgIpc) is 3.36. The maximum atomic E-state index is 13.0. The topological polar surface area (TPSA) is 107 Å². The summed E-state index contributed by atoms with van der Waals surface area (Å²) in [6, 6.07) is 19.0. The Morgan fingerprint density at radius 1 is 0.943 bits per heavy atom. The van der Waals surface area contributed by atoms with Gasteiger partial charge in [0.05, 0.1) is 20.4 Å². The van der Waals surface area contributed by atoms with Gasteiger partial charge in [-0.2, -0.15) is 5.10 Å². The molecule has 1 aliphatic heterocycles. The van der Waals surface area contributed by atoms with Gasteiger partial charge < -0.3 is 24.3 Å². The Hall–Kier alpha value is -4.79. The highest BCUT2D eigenvalue weighted by Crippen LogP contribution is 2.33. The highest BCUT2D eigenvalue weighted by Gasteiger charge is 2.17. The largest absolute Gasteiger partial charge is 0.497 e. The predicted octanol–water partition coefficient (Wildman–Crippen LogP) is 3.35. The average molecular weight is 473 g/mol. The van der Waals surface area contributed by atoms with Gasteiger partial charge in [-0.25, -0.2) is 5.43 Å². The van der Waals surface area contributed by atoms with Gasteiger partial charge in [0.1, 0.15) is 17.2 Å². The molecule has 0 bridgehead atoms. The van der Waals surface area contributed by atoms with Crippen molar-refractivity contribution in [1.29, 1.82) is 0 Å². The molecule has 0 aliphatic carbocycles. The Labute approximate surface area is 202 Å². The lowest BCUT2D eigenvalue weighted by atomic mass is 10.1. The third-order valence-corrected chi connectivity index (χ3v) is 5.04. The fourth-order valence-corrected chi connectivity index (χ4v) is 3.27. The molecule has 9 heteroatoms. The Morgan fingerprint density at radius 3 is 2.51 bits per heavy atom. The highest BCUT2D eigenvalue weighted by molar-refractivity contribution is 6.05. The first-order valence-electron chi connectivity index (χ1n) is 10.6. The molecule has 35 heavy (non-hydrogen) atoms. The fourth-order valence-electron chi connectivity index (χ4n) is 3.27. The van der Waals surface area contributed by atoms with Crippen LogP contribution in [0.5, 0.6) is 23.0 Å². The first-order chi connectivity index (χ1) is 17.1. The molecule has 0 atom stereocenters. The van der Waals surface area contributed by atoms with Gasteiger partial charge in [0.2, 0.25) is 6.79 Å². The minimum absolute atomic E-state index is 0.00697. The number of nitrogens with one attached hydrogen (secondary N) is 2. The van der Waals surface area contributed by atoms with Crippen molar-refractivity contribution in [2.75, 3.05) is 21.0 Å². The Morgan fingerprint density at radius 2 is 1.74 bits per heavy atom. The van der Waals surface area contributed by atoms with Crippen molar-refractivity contribution in [3.05, 3.63) is 89.1 Å². The van der Waals surface area contributed by atoms with Crippen LogP contribution in [0.3, 0.4) is 0 Å². The molecule has 178 valence electrons. The number of methoxy groups -OCH3 is 2. The molecular weight excluding hydrogens is 450 g/mol. The zero-order valence-electron chi connectivity index (χ0n) is 19.1. The van der Waals surface area contributed by atoms with E-state index in [2.05, 4.69) is 15.8 Å². The summed E-state index contributed by atoms with van der Waals surface area (Å²) >= 11 is 0. The molecule has 0 saturated heterocycles. The lowest BCUT2D eigenvalue weighted by Gasteiger charge is -2.10. The molecule has 0 saturated carbocycles. The van der Waals surface area contributed by atoms with Crippen LogP contribution in [0.25, 0.3) is 6.08 Å². The minimum atomic E-state index is -0.620. The van der Waals surface area contributed by atoms with Gasteiger partial charge in [-0.3, -0.25) is 9.59 Å². The molecule has 0 spiro atoms. The summed E-state index contributed by atoms with van der Waals surface area (Å²) in [5.74, 6) is 1.26. The van der Waals surface area contributed by atoms with Crippen LogP contribution in [-0.4, -0.2) is 39.0 Å². The Kier molecular flexibility index (Phi) is 7.27. The van der Waals surface area contributed by atoms with E-state index in [1.165, 1.54) is 19.4 Å². The molecule has 0 fully saturated rings. The van der Waals surface area contributed by atoms with E-state index in [0.717, 1.165) is 0 Å². The van der Waals surface area contributed by atoms with Crippen molar-refractivity contribution in [3.8, 4) is 23.0 Å². The molecule has 2 amide bonds. The van der Waals surface area contributed by atoms with Crippen LogP contribution in [0.2, 0.25) is 0 Å².